The van der Waals surface area contributed by atoms with E-state index in [1.54, 1.807) is 18.2 Å². The van der Waals surface area contributed by atoms with Crippen LogP contribution in [0.25, 0.3) is 0 Å². The Hall–Kier alpha value is -0.480. The van der Waals surface area contributed by atoms with Crippen molar-refractivity contribution in [2.24, 2.45) is 0 Å². The minimum Gasteiger partial charge on any atom is -0.482 e. The Bertz CT molecular complexity index is 544. The third-order valence-electron chi connectivity index (χ3n) is 2.27. The molecule has 0 saturated heterocycles. The number of ether oxygens (including phenoxy) is 1. The zero-order chi connectivity index (χ0) is 13.1. The summed E-state index contributed by atoms with van der Waals surface area (Å²) in [5.41, 5.74) is 0.851. The lowest BCUT2D eigenvalue weighted by atomic mass is 10.3. The van der Waals surface area contributed by atoms with Gasteiger partial charge in [0, 0.05) is 5.38 Å². The Labute approximate surface area is 124 Å². The molecule has 1 aromatic heterocycles. The Balaban J connectivity index is 2.15. The first-order chi connectivity index (χ1) is 8.61. The Kier molecular flexibility index (Phi) is 4.73. The van der Waals surface area contributed by atoms with E-state index in [0.29, 0.717) is 21.7 Å². The fourth-order valence-electron chi connectivity index (χ4n) is 1.39. The molecule has 0 amide bonds. The molecule has 0 aliphatic heterocycles. The molecule has 0 N–H and O–H groups in total. The largest absolute Gasteiger partial charge is 0.482 e. The van der Waals surface area contributed by atoms with Crippen LogP contribution in [0.15, 0.2) is 23.6 Å². The molecule has 1 heterocycles. The quantitative estimate of drug-likeness (QED) is 0.710. The van der Waals surface area contributed by atoms with Crippen molar-refractivity contribution in [3.8, 4) is 5.75 Å². The predicted molar refractivity (Wildman–Crippen MR) is 77.2 cm³/mol. The second kappa shape index (κ2) is 6.11. The SMILES string of the molecule is CC(Oc1cccc(Cl)c1Cl)c1nc(CCl)cs1. The molecule has 0 aliphatic carbocycles. The van der Waals surface area contributed by atoms with Crippen LogP contribution in [0.4, 0.5) is 0 Å². The van der Waals surface area contributed by atoms with Gasteiger partial charge in [0.2, 0.25) is 0 Å². The fourth-order valence-corrected chi connectivity index (χ4v) is 2.75. The zero-order valence-corrected chi connectivity index (χ0v) is 12.6. The first-order valence-electron chi connectivity index (χ1n) is 5.22. The summed E-state index contributed by atoms with van der Waals surface area (Å²) in [7, 11) is 0. The van der Waals surface area contributed by atoms with Gasteiger partial charge in [-0.2, -0.15) is 0 Å². The summed E-state index contributed by atoms with van der Waals surface area (Å²) >= 11 is 19.2. The maximum absolute atomic E-state index is 6.06. The topological polar surface area (TPSA) is 22.1 Å². The van der Waals surface area contributed by atoms with E-state index in [0.717, 1.165) is 10.7 Å². The summed E-state index contributed by atoms with van der Waals surface area (Å²) in [6, 6.07) is 5.29. The van der Waals surface area contributed by atoms with Crippen LogP contribution < -0.4 is 4.74 Å². The lowest BCUT2D eigenvalue weighted by Crippen LogP contribution is -2.03. The molecule has 2 aromatic rings. The van der Waals surface area contributed by atoms with Crippen LogP contribution in [0.1, 0.15) is 23.7 Å². The maximum Gasteiger partial charge on any atom is 0.147 e. The van der Waals surface area contributed by atoms with Gasteiger partial charge in [-0.3, -0.25) is 0 Å². The molecule has 0 aliphatic rings. The average Bonchev–Trinajstić information content (AvgIpc) is 2.83. The number of thiazole rings is 1. The summed E-state index contributed by atoms with van der Waals surface area (Å²) in [6.45, 7) is 1.91. The van der Waals surface area contributed by atoms with Crippen LogP contribution in [0.2, 0.25) is 10.0 Å². The second-order valence-corrected chi connectivity index (χ2v) is 5.56. The summed E-state index contributed by atoms with van der Waals surface area (Å²) in [6.07, 6.45) is -0.192. The third-order valence-corrected chi connectivity index (χ3v) is 4.40. The number of alkyl halides is 1. The van der Waals surface area contributed by atoms with Crippen LogP contribution in [-0.4, -0.2) is 4.98 Å². The fraction of sp³-hybridized carbons (Fsp3) is 0.250. The molecule has 2 nitrogen and oxygen atoms in total. The van der Waals surface area contributed by atoms with E-state index in [4.69, 9.17) is 39.5 Å². The second-order valence-electron chi connectivity index (χ2n) is 3.62. The van der Waals surface area contributed by atoms with Crippen molar-refractivity contribution in [1.82, 2.24) is 4.98 Å². The molecule has 0 saturated carbocycles. The maximum atomic E-state index is 6.06. The van der Waals surface area contributed by atoms with Crippen molar-refractivity contribution in [2.75, 3.05) is 0 Å². The molecule has 1 atom stereocenters. The van der Waals surface area contributed by atoms with Crippen molar-refractivity contribution >= 4 is 46.1 Å². The van der Waals surface area contributed by atoms with Gasteiger partial charge in [0.15, 0.2) is 0 Å². The van der Waals surface area contributed by atoms with Crippen molar-refractivity contribution in [3.05, 3.63) is 44.3 Å². The van der Waals surface area contributed by atoms with E-state index >= 15 is 0 Å². The van der Waals surface area contributed by atoms with Crippen molar-refractivity contribution in [1.29, 1.82) is 0 Å². The van der Waals surface area contributed by atoms with Gasteiger partial charge < -0.3 is 4.74 Å². The molecule has 18 heavy (non-hydrogen) atoms. The highest BCUT2D eigenvalue weighted by Crippen LogP contribution is 2.34. The number of hydrogen-bond acceptors (Lipinski definition) is 3. The number of benzene rings is 1. The Morgan fingerprint density at radius 3 is 2.83 bits per heavy atom. The van der Waals surface area contributed by atoms with Gasteiger partial charge >= 0.3 is 0 Å². The van der Waals surface area contributed by atoms with Gasteiger partial charge in [-0.1, -0.05) is 29.3 Å². The van der Waals surface area contributed by atoms with Crippen molar-refractivity contribution in [2.45, 2.75) is 18.9 Å². The third kappa shape index (κ3) is 3.09. The number of nitrogens with zero attached hydrogens (tertiary/aromatic N) is 1. The van der Waals surface area contributed by atoms with E-state index in [1.807, 2.05) is 12.3 Å². The smallest absolute Gasteiger partial charge is 0.147 e. The molecule has 1 aromatic carbocycles. The standard InChI is InChI=1S/C12H10Cl3NOS/c1-7(12-16-8(5-13)6-18-12)17-10-4-2-3-9(14)11(10)15/h2-4,6-7H,5H2,1H3. The summed E-state index contributed by atoms with van der Waals surface area (Å²) in [4.78, 5) is 4.36. The van der Waals surface area contributed by atoms with E-state index in [9.17, 15) is 0 Å². The minimum atomic E-state index is -0.192. The van der Waals surface area contributed by atoms with Crippen LogP contribution in [-0.2, 0) is 5.88 Å². The van der Waals surface area contributed by atoms with Crippen molar-refractivity contribution in [3.63, 3.8) is 0 Å². The van der Waals surface area contributed by atoms with Crippen LogP contribution in [0.5, 0.6) is 5.75 Å². The van der Waals surface area contributed by atoms with E-state index in [2.05, 4.69) is 4.98 Å². The number of halogens is 3. The molecule has 2 rings (SSSR count). The Morgan fingerprint density at radius 1 is 1.39 bits per heavy atom. The molecule has 1 unspecified atom stereocenters. The summed E-state index contributed by atoms with van der Waals surface area (Å²) < 4.78 is 5.76. The lowest BCUT2D eigenvalue weighted by Gasteiger charge is -2.13. The zero-order valence-electron chi connectivity index (χ0n) is 9.49. The summed E-state index contributed by atoms with van der Waals surface area (Å²) in [5.74, 6) is 0.959. The highest BCUT2D eigenvalue weighted by Gasteiger charge is 2.14. The van der Waals surface area contributed by atoms with Crippen LogP contribution in [0, 0.1) is 0 Å². The van der Waals surface area contributed by atoms with Gasteiger partial charge in [0.05, 0.1) is 16.6 Å². The number of rotatable bonds is 4. The Morgan fingerprint density at radius 2 is 2.17 bits per heavy atom. The monoisotopic (exact) mass is 321 g/mol. The molecular formula is C12H10Cl3NOS. The van der Waals surface area contributed by atoms with Gasteiger partial charge in [-0.15, -0.1) is 22.9 Å². The first-order valence-corrected chi connectivity index (χ1v) is 7.39. The lowest BCUT2D eigenvalue weighted by molar-refractivity contribution is 0.226. The van der Waals surface area contributed by atoms with Gasteiger partial charge in [0.1, 0.15) is 21.9 Å². The molecular weight excluding hydrogens is 313 g/mol. The molecule has 0 fully saturated rings. The number of hydrogen-bond donors (Lipinski definition) is 0. The van der Waals surface area contributed by atoms with Gasteiger partial charge in [0.25, 0.3) is 0 Å². The average molecular weight is 323 g/mol. The minimum absolute atomic E-state index is 0.192. The number of aromatic nitrogens is 1. The predicted octanol–water partition coefficient (Wildman–Crippen LogP) is 5.33. The first kappa shape index (κ1) is 13.9. The van der Waals surface area contributed by atoms with Gasteiger partial charge in [-0.25, -0.2) is 4.98 Å². The highest BCUT2D eigenvalue weighted by atomic mass is 35.5. The van der Waals surface area contributed by atoms with E-state index in [-0.39, 0.29) is 6.10 Å². The molecule has 0 spiro atoms. The van der Waals surface area contributed by atoms with Crippen LogP contribution in [0.3, 0.4) is 0 Å². The molecule has 96 valence electrons. The summed E-state index contributed by atoms with van der Waals surface area (Å²) in [5, 5.41) is 3.67. The highest BCUT2D eigenvalue weighted by molar-refractivity contribution is 7.09. The normalized spacial score (nSPS) is 12.4. The van der Waals surface area contributed by atoms with Crippen molar-refractivity contribution < 1.29 is 4.74 Å². The van der Waals surface area contributed by atoms with Gasteiger partial charge in [-0.05, 0) is 19.1 Å². The van der Waals surface area contributed by atoms with E-state index < -0.39 is 0 Å². The van der Waals surface area contributed by atoms with Crippen LogP contribution >= 0.6 is 46.1 Å². The molecule has 0 radical (unpaired) electrons. The molecule has 6 heteroatoms. The molecule has 0 bridgehead atoms. The van der Waals surface area contributed by atoms with E-state index in [1.165, 1.54) is 11.3 Å².